The third-order valence-electron chi connectivity index (χ3n) is 3.02. The van der Waals surface area contributed by atoms with Gasteiger partial charge < -0.3 is 0 Å². The van der Waals surface area contributed by atoms with Gasteiger partial charge in [-0.15, -0.1) is 0 Å². The van der Waals surface area contributed by atoms with Crippen LogP contribution in [0.25, 0.3) is 0 Å². The predicted octanol–water partition coefficient (Wildman–Crippen LogP) is 2.78. The van der Waals surface area contributed by atoms with Gasteiger partial charge in [-0.05, 0) is 37.9 Å². The van der Waals surface area contributed by atoms with Gasteiger partial charge in [-0.3, -0.25) is 4.79 Å². The molecule has 0 fully saturated rings. The Morgan fingerprint density at radius 2 is 2.29 bits per heavy atom. The number of ketones is 1. The molecule has 1 heterocycles. The molecule has 0 aromatic rings. The Balaban J connectivity index is 1.85. The molecule has 0 aromatic carbocycles. The summed E-state index contributed by atoms with van der Waals surface area (Å²) >= 11 is 0. The molecule has 2 heteroatoms. The van der Waals surface area contributed by atoms with Crippen LogP contribution in [0.15, 0.2) is 12.2 Å². The molecule has 2 rings (SSSR count). The van der Waals surface area contributed by atoms with Crippen molar-refractivity contribution in [1.82, 2.24) is 0 Å². The number of Topliss-reactive ketones (excluding diaryl/α,β-unsaturated/α-hetero) is 1. The minimum atomic E-state index is 0.342. The highest BCUT2D eigenvalue weighted by atomic mass is 32.2. The molecular weight excluding hydrogens is 192 g/mol. The zero-order valence-electron chi connectivity index (χ0n) is 8.58. The molecule has 0 bridgehead atoms. The van der Waals surface area contributed by atoms with E-state index in [1.807, 2.05) is 0 Å². The maximum Gasteiger partial charge on any atom is 0.145 e. The van der Waals surface area contributed by atoms with Crippen molar-refractivity contribution in [2.75, 3.05) is 11.5 Å². The number of carbonyl (C=O) groups is 1. The van der Waals surface area contributed by atoms with Crippen LogP contribution >= 0.6 is 10.5 Å². The lowest BCUT2D eigenvalue weighted by molar-refractivity contribution is -0.120. The molecule has 0 saturated heterocycles. The smallest absolute Gasteiger partial charge is 0.145 e. The molecule has 0 N–H and O–H groups in total. The van der Waals surface area contributed by atoms with Crippen LogP contribution in [0.4, 0.5) is 0 Å². The van der Waals surface area contributed by atoms with Crippen LogP contribution < -0.4 is 0 Å². The minimum Gasteiger partial charge on any atom is -0.298 e. The van der Waals surface area contributed by atoms with Gasteiger partial charge in [0.1, 0.15) is 5.78 Å². The molecule has 0 aromatic heterocycles. The fraction of sp³-hybridized carbons (Fsp3) is 0.667. The van der Waals surface area contributed by atoms with Crippen LogP contribution in [0.1, 0.15) is 32.1 Å². The monoisotopic (exact) mass is 210 g/mol. The summed E-state index contributed by atoms with van der Waals surface area (Å²) in [6.45, 7) is 0. The summed E-state index contributed by atoms with van der Waals surface area (Å²) in [4.78, 5) is 11.9. The average Bonchev–Trinajstić information content (AvgIpc) is 2.72. The Hall–Kier alpha value is -0.370. The Kier molecular flexibility index (Phi) is 3.57. The molecule has 2 aliphatic rings. The average molecular weight is 210 g/mol. The summed E-state index contributed by atoms with van der Waals surface area (Å²) in [5, 5.41) is 2.37. The van der Waals surface area contributed by atoms with E-state index in [0.29, 0.717) is 22.2 Å². The maximum absolute atomic E-state index is 11.9. The summed E-state index contributed by atoms with van der Waals surface area (Å²) in [5.74, 6) is 2.99. The molecular formula is C12H18OS. The summed E-state index contributed by atoms with van der Waals surface area (Å²) < 4.78 is 0. The van der Waals surface area contributed by atoms with Crippen LogP contribution in [0.5, 0.6) is 0 Å². The number of hydrogen-bond acceptors (Lipinski definition) is 1. The lowest BCUT2D eigenvalue weighted by Crippen LogP contribution is -2.18. The SMILES string of the molecule is O=C(CS1=CCCC1)C1CC=CCC1. The van der Waals surface area contributed by atoms with Gasteiger partial charge >= 0.3 is 0 Å². The van der Waals surface area contributed by atoms with E-state index < -0.39 is 0 Å². The summed E-state index contributed by atoms with van der Waals surface area (Å²) in [5.41, 5.74) is 0. The van der Waals surface area contributed by atoms with Crippen LogP contribution in [-0.2, 0) is 4.79 Å². The van der Waals surface area contributed by atoms with Crippen LogP contribution in [0.3, 0.4) is 0 Å². The second-order valence-corrected chi connectivity index (χ2v) is 6.25. The molecule has 14 heavy (non-hydrogen) atoms. The van der Waals surface area contributed by atoms with Gasteiger partial charge in [-0.25, -0.2) is 0 Å². The minimum absolute atomic E-state index is 0.342. The lowest BCUT2D eigenvalue weighted by Gasteiger charge is -2.16. The predicted molar refractivity (Wildman–Crippen MR) is 64.1 cm³/mol. The van der Waals surface area contributed by atoms with Crippen LogP contribution in [-0.4, -0.2) is 22.7 Å². The quantitative estimate of drug-likeness (QED) is 0.517. The first-order valence-corrected chi connectivity index (χ1v) is 7.16. The highest BCUT2D eigenvalue weighted by molar-refractivity contribution is 8.15. The van der Waals surface area contributed by atoms with Gasteiger partial charge in [0.15, 0.2) is 0 Å². The van der Waals surface area contributed by atoms with E-state index in [-0.39, 0.29) is 0 Å². The second-order valence-electron chi connectivity index (χ2n) is 4.14. The van der Waals surface area contributed by atoms with Crippen LogP contribution in [0, 0.1) is 5.92 Å². The van der Waals surface area contributed by atoms with Crippen molar-refractivity contribution in [2.45, 2.75) is 32.1 Å². The largest absolute Gasteiger partial charge is 0.298 e. The van der Waals surface area contributed by atoms with Crippen molar-refractivity contribution in [3.8, 4) is 0 Å². The summed E-state index contributed by atoms with van der Waals surface area (Å²) in [6, 6.07) is 0. The zero-order valence-corrected chi connectivity index (χ0v) is 9.39. The number of carbonyl (C=O) groups excluding carboxylic acids is 1. The highest BCUT2D eigenvalue weighted by Gasteiger charge is 2.19. The van der Waals surface area contributed by atoms with Crippen molar-refractivity contribution in [3.05, 3.63) is 12.2 Å². The van der Waals surface area contributed by atoms with Crippen molar-refractivity contribution >= 4 is 21.6 Å². The molecule has 0 saturated carbocycles. The van der Waals surface area contributed by atoms with E-state index in [1.54, 1.807) is 0 Å². The second kappa shape index (κ2) is 4.92. The molecule has 0 spiro atoms. The third-order valence-corrected chi connectivity index (χ3v) is 5.19. The van der Waals surface area contributed by atoms with E-state index in [9.17, 15) is 4.79 Å². The first kappa shape index (κ1) is 10.2. The van der Waals surface area contributed by atoms with Crippen molar-refractivity contribution in [1.29, 1.82) is 0 Å². The van der Waals surface area contributed by atoms with Crippen molar-refractivity contribution < 1.29 is 4.79 Å². The lowest BCUT2D eigenvalue weighted by atomic mass is 9.91. The fourth-order valence-corrected chi connectivity index (χ4v) is 4.19. The summed E-state index contributed by atoms with van der Waals surface area (Å²) in [7, 11) is 0.342. The topological polar surface area (TPSA) is 17.1 Å². The van der Waals surface area contributed by atoms with E-state index in [1.165, 1.54) is 18.6 Å². The first-order chi connectivity index (χ1) is 6.86. The normalized spacial score (nSPS) is 31.4. The standard InChI is InChI=1S/C12H18OS/c13-12(10-14-8-4-5-9-14)11-6-2-1-3-7-11/h1-2,8,11H,3-7,9-10H2. The first-order valence-electron chi connectivity index (χ1n) is 5.53. The Labute approximate surface area is 88.5 Å². The Morgan fingerprint density at radius 3 is 2.93 bits per heavy atom. The van der Waals surface area contributed by atoms with E-state index in [0.717, 1.165) is 25.0 Å². The van der Waals surface area contributed by atoms with Gasteiger partial charge in [0.05, 0.1) is 0 Å². The fourth-order valence-electron chi connectivity index (χ4n) is 2.12. The van der Waals surface area contributed by atoms with Crippen molar-refractivity contribution in [3.63, 3.8) is 0 Å². The zero-order chi connectivity index (χ0) is 9.80. The van der Waals surface area contributed by atoms with Gasteiger partial charge in [0.25, 0.3) is 0 Å². The molecule has 2 unspecified atom stereocenters. The van der Waals surface area contributed by atoms with E-state index >= 15 is 0 Å². The number of rotatable bonds is 3. The molecule has 78 valence electrons. The van der Waals surface area contributed by atoms with Gasteiger partial charge in [-0.1, -0.05) is 17.5 Å². The van der Waals surface area contributed by atoms with Crippen LogP contribution in [0.2, 0.25) is 0 Å². The van der Waals surface area contributed by atoms with E-state index in [4.69, 9.17) is 0 Å². The number of allylic oxidation sites excluding steroid dienone is 2. The van der Waals surface area contributed by atoms with Gasteiger partial charge in [0.2, 0.25) is 0 Å². The molecule has 1 nitrogen and oxygen atoms in total. The molecule has 0 radical (unpaired) electrons. The molecule has 2 atom stereocenters. The van der Waals surface area contributed by atoms with Crippen molar-refractivity contribution in [2.24, 2.45) is 5.92 Å². The Morgan fingerprint density at radius 1 is 1.36 bits per heavy atom. The Bertz CT molecular complexity index is 278. The number of hydrogen-bond donors (Lipinski definition) is 0. The molecule has 1 aliphatic heterocycles. The van der Waals surface area contributed by atoms with Gasteiger partial charge in [0, 0.05) is 11.7 Å². The molecule has 0 amide bonds. The van der Waals surface area contributed by atoms with Gasteiger partial charge in [-0.2, -0.15) is 10.5 Å². The molecule has 1 aliphatic carbocycles. The summed E-state index contributed by atoms with van der Waals surface area (Å²) in [6.07, 6.45) is 10.1. The third kappa shape index (κ3) is 2.57. The van der Waals surface area contributed by atoms with E-state index in [2.05, 4.69) is 17.5 Å². The highest BCUT2D eigenvalue weighted by Crippen LogP contribution is 2.26. The maximum atomic E-state index is 11.9.